The van der Waals surface area contributed by atoms with Crippen LogP contribution in [0.4, 0.5) is 0 Å². The normalized spacial score (nSPS) is 21.7. The van der Waals surface area contributed by atoms with Crippen molar-refractivity contribution >= 4 is 5.78 Å². The minimum atomic E-state index is -0.126. The largest absolute Gasteiger partial charge is 0.299 e. The van der Waals surface area contributed by atoms with Crippen LogP contribution >= 0.6 is 0 Å². The molecule has 0 N–H and O–H groups in total. The van der Waals surface area contributed by atoms with Crippen molar-refractivity contribution < 1.29 is 4.79 Å². The summed E-state index contributed by atoms with van der Waals surface area (Å²) in [6.07, 6.45) is 15.0. The summed E-state index contributed by atoms with van der Waals surface area (Å²) in [6.45, 7) is 8.23. The van der Waals surface area contributed by atoms with Crippen molar-refractivity contribution in [3.05, 3.63) is 12.2 Å². The summed E-state index contributed by atoms with van der Waals surface area (Å²) in [4.78, 5) is 11.9. The van der Waals surface area contributed by atoms with Crippen LogP contribution in [0, 0.1) is 5.41 Å². The minimum Gasteiger partial charge on any atom is -0.299 e. The smallest absolute Gasteiger partial charge is 0.143 e. The highest BCUT2D eigenvalue weighted by atomic mass is 16.1. The zero-order valence-electron chi connectivity index (χ0n) is 13.1. The fourth-order valence-electron chi connectivity index (χ4n) is 2.73. The lowest BCUT2D eigenvalue weighted by Gasteiger charge is -2.06. The summed E-state index contributed by atoms with van der Waals surface area (Å²) in [5.41, 5.74) is 1.02. The molecule has 0 bridgehead atoms. The Bertz CT molecular complexity index is 292. The Balaban J connectivity index is 1.84. The predicted molar refractivity (Wildman–Crippen MR) is 83.3 cm³/mol. The molecule has 0 spiro atoms. The maximum absolute atomic E-state index is 11.9. The van der Waals surface area contributed by atoms with E-state index in [1.807, 2.05) is 6.92 Å². The first kappa shape index (κ1) is 16.5. The first-order valence-electron chi connectivity index (χ1n) is 8.33. The summed E-state index contributed by atoms with van der Waals surface area (Å²) in [7, 11) is 0. The molecule has 0 heterocycles. The molecule has 1 saturated carbocycles. The lowest BCUT2D eigenvalue weighted by Crippen LogP contribution is -2.11. The van der Waals surface area contributed by atoms with E-state index < -0.39 is 0 Å². The predicted octanol–water partition coefficient (Wildman–Crippen LogP) is 5.83. The maximum Gasteiger partial charge on any atom is 0.143 e. The minimum absolute atomic E-state index is 0.126. The standard InChI is InChI=1S/C18H32O/c1-4-5-6-7-8-9-10-11-12-13-14-17(19)18(3)15-16(18)2/h2,4-15H2,1,3H3. The molecule has 1 rings (SSSR count). The zero-order valence-corrected chi connectivity index (χ0v) is 13.1. The van der Waals surface area contributed by atoms with Gasteiger partial charge in [0, 0.05) is 6.42 Å². The third-order valence-electron chi connectivity index (χ3n) is 4.60. The summed E-state index contributed by atoms with van der Waals surface area (Å²) >= 11 is 0. The van der Waals surface area contributed by atoms with Gasteiger partial charge < -0.3 is 0 Å². The molecule has 0 saturated heterocycles. The molecule has 0 aromatic rings. The van der Waals surface area contributed by atoms with Gasteiger partial charge >= 0.3 is 0 Å². The van der Waals surface area contributed by atoms with Gasteiger partial charge in [-0.2, -0.15) is 0 Å². The Morgan fingerprint density at radius 3 is 1.84 bits per heavy atom. The van der Waals surface area contributed by atoms with E-state index in [1.165, 1.54) is 57.8 Å². The van der Waals surface area contributed by atoms with Crippen LogP contribution in [0.1, 0.15) is 90.9 Å². The molecule has 1 unspecified atom stereocenters. The molecular weight excluding hydrogens is 232 g/mol. The van der Waals surface area contributed by atoms with Crippen molar-refractivity contribution in [2.24, 2.45) is 5.41 Å². The van der Waals surface area contributed by atoms with Crippen molar-refractivity contribution in [2.45, 2.75) is 90.9 Å². The van der Waals surface area contributed by atoms with E-state index in [-0.39, 0.29) is 5.41 Å². The van der Waals surface area contributed by atoms with Crippen LogP contribution in [0.5, 0.6) is 0 Å². The van der Waals surface area contributed by atoms with E-state index in [1.54, 1.807) is 0 Å². The summed E-state index contributed by atoms with van der Waals surface area (Å²) in [5, 5.41) is 0. The van der Waals surface area contributed by atoms with Gasteiger partial charge in [-0.1, -0.05) is 76.9 Å². The fourth-order valence-corrected chi connectivity index (χ4v) is 2.73. The van der Waals surface area contributed by atoms with Crippen molar-refractivity contribution in [1.82, 2.24) is 0 Å². The summed E-state index contributed by atoms with van der Waals surface area (Å²) < 4.78 is 0. The lowest BCUT2D eigenvalue weighted by molar-refractivity contribution is -0.123. The van der Waals surface area contributed by atoms with E-state index in [4.69, 9.17) is 0 Å². The molecule has 0 aliphatic heterocycles. The highest BCUT2D eigenvalue weighted by Gasteiger charge is 2.48. The third-order valence-corrected chi connectivity index (χ3v) is 4.60. The Morgan fingerprint density at radius 1 is 1.00 bits per heavy atom. The van der Waals surface area contributed by atoms with Crippen molar-refractivity contribution in [2.75, 3.05) is 0 Å². The van der Waals surface area contributed by atoms with Crippen LogP contribution in [0.15, 0.2) is 12.2 Å². The van der Waals surface area contributed by atoms with E-state index >= 15 is 0 Å². The Kier molecular flexibility index (Phi) is 7.41. The SMILES string of the molecule is C=C1CC1(C)C(=O)CCCCCCCCCCCC. The van der Waals surface area contributed by atoms with E-state index in [0.29, 0.717) is 5.78 Å². The van der Waals surface area contributed by atoms with Crippen LogP contribution in [-0.4, -0.2) is 5.78 Å². The monoisotopic (exact) mass is 264 g/mol. The number of ketones is 1. The first-order chi connectivity index (χ1) is 9.11. The lowest BCUT2D eigenvalue weighted by atomic mass is 9.97. The highest BCUT2D eigenvalue weighted by Crippen LogP contribution is 2.51. The number of rotatable bonds is 12. The zero-order chi connectivity index (χ0) is 14.1. The topological polar surface area (TPSA) is 17.1 Å². The van der Waals surface area contributed by atoms with Crippen LogP contribution in [-0.2, 0) is 4.79 Å². The molecular formula is C18H32O. The van der Waals surface area contributed by atoms with Crippen molar-refractivity contribution in [3.8, 4) is 0 Å². The molecule has 0 amide bonds. The molecule has 19 heavy (non-hydrogen) atoms. The molecule has 1 aliphatic rings. The summed E-state index contributed by atoms with van der Waals surface area (Å²) in [6, 6.07) is 0. The van der Waals surface area contributed by atoms with Crippen molar-refractivity contribution in [1.29, 1.82) is 0 Å². The van der Waals surface area contributed by atoms with Gasteiger partial charge in [0.2, 0.25) is 0 Å². The fraction of sp³-hybridized carbons (Fsp3) is 0.833. The highest BCUT2D eigenvalue weighted by molar-refractivity contribution is 5.92. The second-order valence-corrected chi connectivity index (χ2v) is 6.47. The van der Waals surface area contributed by atoms with E-state index in [9.17, 15) is 4.79 Å². The maximum atomic E-state index is 11.9. The summed E-state index contributed by atoms with van der Waals surface area (Å²) in [5.74, 6) is 0.428. The van der Waals surface area contributed by atoms with Crippen LogP contribution in [0.3, 0.4) is 0 Å². The third kappa shape index (κ3) is 5.93. The van der Waals surface area contributed by atoms with Gasteiger partial charge in [0.05, 0.1) is 5.41 Å². The molecule has 1 atom stereocenters. The number of hydrogen-bond acceptors (Lipinski definition) is 1. The van der Waals surface area contributed by atoms with Gasteiger partial charge in [0.15, 0.2) is 0 Å². The van der Waals surface area contributed by atoms with Gasteiger partial charge in [0.25, 0.3) is 0 Å². The number of allylic oxidation sites excluding steroid dienone is 1. The molecule has 1 heteroatoms. The van der Waals surface area contributed by atoms with Crippen LogP contribution < -0.4 is 0 Å². The van der Waals surface area contributed by atoms with E-state index in [2.05, 4.69) is 13.5 Å². The van der Waals surface area contributed by atoms with Gasteiger partial charge in [0.1, 0.15) is 5.78 Å². The van der Waals surface area contributed by atoms with Gasteiger partial charge in [-0.3, -0.25) is 4.79 Å². The molecule has 0 aromatic heterocycles. The number of carbonyl (C=O) groups is 1. The number of hydrogen-bond donors (Lipinski definition) is 0. The Labute approximate surface area is 119 Å². The first-order valence-corrected chi connectivity index (χ1v) is 8.33. The second kappa shape index (κ2) is 8.55. The van der Waals surface area contributed by atoms with E-state index in [0.717, 1.165) is 24.8 Å². The quantitative estimate of drug-likeness (QED) is 0.320. The van der Waals surface area contributed by atoms with Gasteiger partial charge in [-0.25, -0.2) is 0 Å². The second-order valence-electron chi connectivity index (χ2n) is 6.47. The number of Topliss-reactive ketones (excluding diaryl/α,β-unsaturated/α-hetero) is 1. The Morgan fingerprint density at radius 2 is 1.42 bits per heavy atom. The molecule has 0 aromatic carbocycles. The van der Waals surface area contributed by atoms with Crippen LogP contribution in [0.2, 0.25) is 0 Å². The van der Waals surface area contributed by atoms with Crippen LogP contribution in [0.25, 0.3) is 0 Å². The molecule has 0 radical (unpaired) electrons. The van der Waals surface area contributed by atoms with Crippen molar-refractivity contribution in [3.63, 3.8) is 0 Å². The average molecular weight is 264 g/mol. The number of carbonyl (C=O) groups excluding carboxylic acids is 1. The number of unbranched alkanes of at least 4 members (excludes halogenated alkanes) is 9. The molecule has 1 nitrogen and oxygen atoms in total. The Hall–Kier alpha value is -0.590. The molecule has 110 valence electrons. The van der Waals surface area contributed by atoms with Gasteiger partial charge in [-0.05, 0) is 19.8 Å². The van der Waals surface area contributed by atoms with Gasteiger partial charge in [-0.15, -0.1) is 0 Å². The molecule has 1 fully saturated rings. The molecule has 1 aliphatic carbocycles. The average Bonchev–Trinajstić information content (AvgIpc) is 3.01.